The zero-order chi connectivity index (χ0) is 23.9. The number of aromatic amines is 1. The fourth-order valence-electron chi connectivity index (χ4n) is 4.18. The van der Waals surface area contributed by atoms with Crippen molar-refractivity contribution >= 4 is 44.9 Å². The maximum Gasteiger partial charge on any atom is 0.300 e. The zero-order valence-corrected chi connectivity index (χ0v) is 19.5. The number of nitrogens with zero attached hydrogens (tertiary/aromatic N) is 3. The Morgan fingerprint density at radius 3 is 2.86 bits per heavy atom. The van der Waals surface area contributed by atoms with Crippen LogP contribution in [0.2, 0.25) is 0 Å². The maximum atomic E-state index is 12.3. The summed E-state index contributed by atoms with van der Waals surface area (Å²) in [5.74, 6) is 6.05. The van der Waals surface area contributed by atoms with Gasteiger partial charge in [-0.3, -0.25) is 9.69 Å². The number of fused-ring (bicyclic) bond motifs is 2. The van der Waals surface area contributed by atoms with Crippen LogP contribution in [-0.4, -0.2) is 58.6 Å². The van der Waals surface area contributed by atoms with Crippen LogP contribution in [0.3, 0.4) is 0 Å². The molecular weight excluding hydrogens is 440 g/mol. The number of amides is 1. The molecule has 2 aromatic carbocycles. The van der Waals surface area contributed by atoms with Crippen LogP contribution in [0.5, 0.6) is 0 Å². The first-order valence-electron chi connectivity index (χ1n) is 11.9. The second kappa shape index (κ2) is 11.0. The number of carbonyl (C=O) groups is 1. The van der Waals surface area contributed by atoms with E-state index in [9.17, 15) is 4.79 Å². The molecule has 0 aliphatic carbocycles. The van der Waals surface area contributed by atoms with Crippen LogP contribution in [-0.2, 0) is 9.53 Å². The number of morpholine rings is 1. The largest absolute Gasteiger partial charge is 0.379 e. The molecule has 0 spiro atoms. The van der Waals surface area contributed by atoms with E-state index in [1.54, 1.807) is 0 Å². The third-order valence-electron chi connectivity index (χ3n) is 6.04. The van der Waals surface area contributed by atoms with E-state index in [0.717, 1.165) is 73.2 Å². The summed E-state index contributed by atoms with van der Waals surface area (Å²) in [6, 6.07) is 13.7. The number of carbonyl (C=O) groups excluding carboxylic acids is 1. The Labute approximate surface area is 204 Å². The van der Waals surface area contributed by atoms with Crippen molar-refractivity contribution in [1.29, 1.82) is 0 Å². The van der Waals surface area contributed by atoms with Crippen LogP contribution in [0.15, 0.2) is 55.0 Å². The normalized spacial score (nSPS) is 13.9. The number of ether oxygens (including phenoxy) is 1. The highest BCUT2D eigenvalue weighted by atomic mass is 16.5. The topological polar surface area (TPSA) is 95.2 Å². The van der Waals surface area contributed by atoms with Crippen LogP contribution in [0, 0.1) is 11.8 Å². The van der Waals surface area contributed by atoms with Crippen molar-refractivity contribution in [3.63, 3.8) is 0 Å². The zero-order valence-electron chi connectivity index (χ0n) is 19.5. The van der Waals surface area contributed by atoms with E-state index < -0.39 is 0 Å². The van der Waals surface area contributed by atoms with E-state index in [1.165, 1.54) is 6.33 Å². The molecule has 2 aromatic heterocycles. The summed E-state index contributed by atoms with van der Waals surface area (Å²) in [6.45, 7) is 4.71. The first kappa shape index (κ1) is 22.8. The number of benzene rings is 2. The molecule has 0 bridgehead atoms. The summed E-state index contributed by atoms with van der Waals surface area (Å²) in [4.78, 5) is 26.7. The SMILES string of the molecule is O=C(C#CCCCCN1CCOCC1)Nc1ccc2ncnc(Nc3ccc4[nH]ccc4c3)c2c1. The lowest BCUT2D eigenvalue weighted by Gasteiger charge is -2.26. The van der Waals surface area contributed by atoms with Gasteiger partial charge in [0.05, 0.1) is 18.7 Å². The highest BCUT2D eigenvalue weighted by Gasteiger charge is 2.09. The molecule has 0 radical (unpaired) electrons. The molecule has 1 saturated heterocycles. The Hall–Kier alpha value is -3.93. The van der Waals surface area contributed by atoms with E-state index >= 15 is 0 Å². The van der Waals surface area contributed by atoms with E-state index in [1.807, 2.05) is 42.6 Å². The van der Waals surface area contributed by atoms with Crippen molar-refractivity contribution < 1.29 is 9.53 Å². The Balaban J connectivity index is 1.19. The summed E-state index contributed by atoms with van der Waals surface area (Å²) < 4.78 is 5.37. The van der Waals surface area contributed by atoms with Crippen molar-refractivity contribution in [2.45, 2.75) is 19.3 Å². The van der Waals surface area contributed by atoms with Crippen molar-refractivity contribution in [2.24, 2.45) is 0 Å². The molecule has 4 aromatic rings. The lowest BCUT2D eigenvalue weighted by molar-refractivity contribution is -0.111. The van der Waals surface area contributed by atoms with Gasteiger partial charge in [-0.15, -0.1) is 0 Å². The first-order valence-corrected chi connectivity index (χ1v) is 11.9. The van der Waals surface area contributed by atoms with Gasteiger partial charge in [0, 0.05) is 53.4 Å². The second-order valence-corrected chi connectivity index (χ2v) is 8.53. The van der Waals surface area contributed by atoms with Crippen LogP contribution in [0.4, 0.5) is 17.2 Å². The standard InChI is InChI=1S/C27H28N6O2/c34-26(5-3-1-2-4-12-33-13-15-35-16-14-33)31-22-7-9-25-23(18-22)27(30-19-29-25)32-21-6-8-24-20(17-21)10-11-28-24/h6-11,17-19,28H,1-2,4,12-16H2,(H,31,34)(H,29,30,32). The summed E-state index contributed by atoms with van der Waals surface area (Å²) >= 11 is 0. The fraction of sp³-hybridized carbons (Fsp3) is 0.296. The molecule has 1 amide bonds. The lowest BCUT2D eigenvalue weighted by Crippen LogP contribution is -2.36. The number of hydrogen-bond donors (Lipinski definition) is 3. The van der Waals surface area contributed by atoms with Crippen molar-refractivity contribution in [2.75, 3.05) is 43.5 Å². The molecule has 178 valence electrons. The van der Waals surface area contributed by atoms with Gasteiger partial charge in [-0.25, -0.2) is 9.97 Å². The van der Waals surface area contributed by atoms with Gasteiger partial charge in [0.1, 0.15) is 12.1 Å². The minimum Gasteiger partial charge on any atom is -0.379 e. The van der Waals surface area contributed by atoms with E-state index in [4.69, 9.17) is 4.74 Å². The number of anilines is 3. The molecule has 35 heavy (non-hydrogen) atoms. The predicted molar refractivity (Wildman–Crippen MR) is 139 cm³/mol. The molecular formula is C27H28N6O2. The van der Waals surface area contributed by atoms with Crippen molar-refractivity contribution in [1.82, 2.24) is 19.9 Å². The Morgan fingerprint density at radius 2 is 1.94 bits per heavy atom. The van der Waals surface area contributed by atoms with Crippen LogP contribution < -0.4 is 10.6 Å². The molecule has 0 saturated carbocycles. The molecule has 3 heterocycles. The average Bonchev–Trinajstić information content (AvgIpc) is 3.35. The number of aromatic nitrogens is 3. The van der Waals surface area contributed by atoms with Gasteiger partial charge in [0.25, 0.3) is 5.91 Å². The Morgan fingerprint density at radius 1 is 1.06 bits per heavy atom. The minimum absolute atomic E-state index is 0.318. The van der Waals surface area contributed by atoms with Gasteiger partial charge in [-0.2, -0.15) is 0 Å². The second-order valence-electron chi connectivity index (χ2n) is 8.53. The Bertz CT molecular complexity index is 1380. The summed E-state index contributed by atoms with van der Waals surface area (Å²) in [5, 5.41) is 8.16. The predicted octanol–water partition coefficient (Wildman–Crippen LogP) is 4.30. The van der Waals surface area contributed by atoms with Gasteiger partial charge in [0.15, 0.2) is 0 Å². The minimum atomic E-state index is -0.318. The van der Waals surface area contributed by atoms with E-state index in [0.29, 0.717) is 17.9 Å². The molecule has 1 fully saturated rings. The highest BCUT2D eigenvalue weighted by Crippen LogP contribution is 2.27. The molecule has 8 nitrogen and oxygen atoms in total. The Kier molecular flexibility index (Phi) is 7.18. The first-order chi connectivity index (χ1) is 17.2. The van der Waals surface area contributed by atoms with Crippen LogP contribution >= 0.6 is 0 Å². The summed E-state index contributed by atoms with van der Waals surface area (Å²) in [5.41, 5.74) is 3.44. The molecule has 1 aliphatic heterocycles. The van der Waals surface area contributed by atoms with Crippen molar-refractivity contribution in [3.05, 3.63) is 55.0 Å². The third kappa shape index (κ3) is 5.96. The number of nitrogens with one attached hydrogen (secondary N) is 3. The van der Waals surface area contributed by atoms with Crippen LogP contribution in [0.1, 0.15) is 19.3 Å². The van der Waals surface area contributed by atoms with Gasteiger partial charge < -0.3 is 20.4 Å². The molecule has 0 atom stereocenters. The third-order valence-corrected chi connectivity index (χ3v) is 6.04. The monoisotopic (exact) mass is 468 g/mol. The highest BCUT2D eigenvalue weighted by molar-refractivity contribution is 6.05. The van der Waals surface area contributed by atoms with Gasteiger partial charge in [0.2, 0.25) is 0 Å². The summed E-state index contributed by atoms with van der Waals surface area (Å²) in [7, 11) is 0. The van der Waals surface area contributed by atoms with E-state index in [-0.39, 0.29) is 5.91 Å². The maximum absolute atomic E-state index is 12.3. The van der Waals surface area contributed by atoms with Gasteiger partial charge >= 0.3 is 0 Å². The molecule has 3 N–H and O–H groups in total. The molecule has 1 aliphatic rings. The number of rotatable bonds is 7. The molecule has 8 heteroatoms. The number of H-pyrrole nitrogens is 1. The molecule has 0 unspecified atom stereocenters. The smallest absolute Gasteiger partial charge is 0.300 e. The number of unbranched alkanes of at least 4 members (excludes halogenated alkanes) is 2. The quantitative estimate of drug-likeness (QED) is 0.277. The van der Waals surface area contributed by atoms with E-state index in [2.05, 4.69) is 48.4 Å². The van der Waals surface area contributed by atoms with Crippen molar-refractivity contribution in [3.8, 4) is 11.8 Å². The lowest BCUT2D eigenvalue weighted by atomic mass is 10.2. The fourth-order valence-corrected chi connectivity index (χ4v) is 4.18. The number of hydrogen-bond acceptors (Lipinski definition) is 6. The molecule has 5 rings (SSSR count). The van der Waals surface area contributed by atoms with Crippen LogP contribution in [0.25, 0.3) is 21.8 Å². The van der Waals surface area contributed by atoms with Gasteiger partial charge in [-0.1, -0.05) is 5.92 Å². The summed E-state index contributed by atoms with van der Waals surface area (Å²) in [6.07, 6.45) is 6.21. The average molecular weight is 469 g/mol. The van der Waals surface area contributed by atoms with Gasteiger partial charge in [-0.05, 0) is 67.8 Å².